The lowest BCUT2D eigenvalue weighted by atomic mass is 9.96. The number of aliphatic imine (C=N–C) groups is 1. The molecule has 0 radical (unpaired) electrons. The summed E-state index contributed by atoms with van der Waals surface area (Å²) < 4.78 is 0. The van der Waals surface area contributed by atoms with E-state index in [2.05, 4.69) is 32.5 Å². The van der Waals surface area contributed by atoms with E-state index in [0.717, 1.165) is 19.0 Å². The Morgan fingerprint density at radius 2 is 1.86 bits per heavy atom. The maximum Gasteiger partial charge on any atom is 0.191 e. The van der Waals surface area contributed by atoms with Gasteiger partial charge in [0.2, 0.25) is 0 Å². The number of guanidine groups is 1. The van der Waals surface area contributed by atoms with Crippen LogP contribution in [0.2, 0.25) is 0 Å². The predicted molar refractivity (Wildman–Crippen MR) is 89.9 cm³/mol. The van der Waals surface area contributed by atoms with Crippen LogP contribution in [-0.4, -0.2) is 75.2 Å². The van der Waals surface area contributed by atoms with Crippen LogP contribution >= 0.6 is 0 Å². The third-order valence-electron chi connectivity index (χ3n) is 4.70. The van der Waals surface area contributed by atoms with Gasteiger partial charge in [-0.25, -0.2) is 0 Å². The van der Waals surface area contributed by atoms with Gasteiger partial charge in [-0.05, 0) is 39.4 Å². The first-order valence-electron chi connectivity index (χ1n) is 8.66. The second kappa shape index (κ2) is 9.26. The summed E-state index contributed by atoms with van der Waals surface area (Å²) >= 11 is 0. The van der Waals surface area contributed by atoms with E-state index in [1.165, 1.54) is 64.7 Å². The zero-order valence-corrected chi connectivity index (χ0v) is 13.9. The molecule has 1 heterocycles. The van der Waals surface area contributed by atoms with Crippen molar-refractivity contribution >= 4 is 5.96 Å². The summed E-state index contributed by atoms with van der Waals surface area (Å²) in [5.74, 6) is 0.980. The largest absolute Gasteiger partial charge is 0.355 e. The second-order valence-electron chi connectivity index (χ2n) is 6.48. The highest BCUT2D eigenvalue weighted by Crippen LogP contribution is 2.17. The fourth-order valence-electron chi connectivity index (χ4n) is 3.29. The molecule has 2 aliphatic rings. The zero-order valence-electron chi connectivity index (χ0n) is 13.9. The molecule has 0 bridgehead atoms. The third-order valence-corrected chi connectivity index (χ3v) is 4.70. The molecule has 1 aliphatic heterocycles. The molecule has 122 valence electrons. The molecule has 21 heavy (non-hydrogen) atoms. The van der Waals surface area contributed by atoms with E-state index in [1.807, 2.05) is 7.05 Å². The lowest BCUT2D eigenvalue weighted by molar-refractivity contribution is 0.279. The lowest BCUT2D eigenvalue weighted by Crippen LogP contribution is -2.46. The van der Waals surface area contributed by atoms with Crippen molar-refractivity contribution in [3.63, 3.8) is 0 Å². The summed E-state index contributed by atoms with van der Waals surface area (Å²) in [7, 11) is 4.09. The first kappa shape index (κ1) is 16.6. The standard InChI is InChI=1S/C16H33N5/c1-17-16(19-15-7-4-3-5-8-15)18-9-12-21-11-6-10-20(2)13-14-21/h15H,3-14H2,1-2H3,(H2,17,18,19). The van der Waals surface area contributed by atoms with Crippen LogP contribution in [0, 0.1) is 0 Å². The van der Waals surface area contributed by atoms with Crippen molar-refractivity contribution in [1.29, 1.82) is 0 Å². The third kappa shape index (κ3) is 6.22. The van der Waals surface area contributed by atoms with E-state index < -0.39 is 0 Å². The molecule has 1 aliphatic carbocycles. The van der Waals surface area contributed by atoms with Crippen molar-refractivity contribution < 1.29 is 0 Å². The molecule has 5 heteroatoms. The Labute approximate surface area is 130 Å². The van der Waals surface area contributed by atoms with Gasteiger partial charge in [0.25, 0.3) is 0 Å². The minimum atomic E-state index is 0.622. The van der Waals surface area contributed by atoms with Crippen LogP contribution < -0.4 is 10.6 Å². The Morgan fingerprint density at radius 1 is 1.05 bits per heavy atom. The van der Waals surface area contributed by atoms with Crippen LogP contribution in [0.1, 0.15) is 38.5 Å². The Hall–Kier alpha value is -0.810. The van der Waals surface area contributed by atoms with Crippen molar-refractivity contribution in [3.05, 3.63) is 0 Å². The Kier molecular flexibility index (Phi) is 7.30. The monoisotopic (exact) mass is 295 g/mol. The average molecular weight is 295 g/mol. The van der Waals surface area contributed by atoms with Gasteiger partial charge in [-0.3, -0.25) is 4.99 Å². The van der Waals surface area contributed by atoms with Gasteiger partial charge in [0.1, 0.15) is 0 Å². The van der Waals surface area contributed by atoms with Gasteiger partial charge in [-0.15, -0.1) is 0 Å². The first-order chi connectivity index (χ1) is 10.3. The Bertz CT molecular complexity index is 312. The molecule has 0 aromatic carbocycles. The second-order valence-corrected chi connectivity index (χ2v) is 6.48. The van der Waals surface area contributed by atoms with Gasteiger partial charge >= 0.3 is 0 Å². The highest BCUT2D eigenvalue weighted by atomic mass is 15.2. The van der Waals surface area contributed by atoms with E-state index in [0.29, 0.717) is 6.04 Å². The molecule has 5 nitrogen and oxygen atoms in total. The van der Waals surface area contributed by atoms with Crippen LogP contribution in [-0.2, 0) is 0 Å². The summed E-state index contributed by atoms with van der Waals surface area (Å²) in [6.45, 7) is 6.92. The van der Waals surface area contributed by atoms with Crippen LogP contribution in [0.15, 0.2) is 4.99 Å². The quantitative estimate of drug-likeness (QED) is 0.602. The molecular formula is C16H33N5. The molecule has 2 fully saturated rings. The van der Waals surface area contributed by atoms with Crippen molar-refractivity contribution in [2.24, 2.45) is 4.99 Å². The van der Waals surface area contributed by atoms with Crippen molar-refractivity contribution in [3.8, 4) is 0 Å². The minimum absolute atomic E-state index is 0.622. The summed E-state index contributed by atoms with van der Waals surface area (Å²) in [4.78, 5) is 9.35. The van der Waals surface area contributed by atoms with E-state index in [9.17, 15) is 0 Å². The maximum atomic E-state index is 4.36. The summed E-state index contributed by atoms with van der Waals surface area (Å²) in [6, 6.07) is 0.622. The lowest BCUT2D eigenvalue weighted by Gasteiger charge is -2.26. The Morgan fingerprint density at radius 3 is 2.62 bits per heavy atom. The van der Waals surface area contributed by atoms with Gasteiger partial charge in [0, 0.05) is 39.3 Å². The number of nitrogens with one attached hydrogen (secondary N) is 2. The van der Waals surface area contributed by atoms with E-state index in [1.54, 1.807) is 0 Å². The highest BCUT2D eigenvalue weighted by Gasteiger charge is 2.15. The summed E-state index contributed by atoms with van der Waals surface area (Å²) in [5, 5.41) is 7.05. The molecule has 1 saturated carbocycles. The average Bonchev–Trinajstić information content (AvgIpc) is 2.72. The van der Waals surface area contributed by atoms with Crippen molar-refractivity contribution in [1.82, 2.24) is 20.4 Å². The Balaban J connectivity index is 1.63. The van der Waals surface area contributed by atoms with Crippen LogP contribution in [0.5, 0.6) is 0 Å². The number of rotatable bonds is 4. The van der Waals surface area contributed by atoms with Crippen molar-refractivity contribution in [2.75, 3.05) is 53.4 Å². The molecule has 1 saturated heterocycles. The number of hydrogen-bond acceptors (Lipinski definition) is 3. The molecule has 0 aromatic heterocycles. The van der Waals surface area contributed by atoms with E-state index in [4.69, 9.17) is 0 Å². The predicted octanol–water partition coefficient (Wildman–Crippen LogP) is 1.12. The zero-order chi connectivity index (χ0) is 14.9. The molecule has 0 aromatic rings. The van der Waals surface area contributed by atoms with Gasteiger partial charge < -0.3 is 20.4 Å². The smallest absolute Gasteiger partial charge is 0.191 e. The molecule has 0 amide bonds. The van der Waals surface area contributed by atoms with Gasteiger partial charge in [0.15, 0.2) is 5.96 Å². The molecule has 0 unspecified atom stereocenters. The molecule has 0 atom stereocenters. The van der Waals surface area contributed by atoms with Crippen LogP contribution in [0.3, 0.4) is 0 Å². The van der Waals surface area contributed by atoms with Crippen LogP contribution in [0.25, 0.3) is 0 Å². The number of hydrogen-bond donors (Lipinski definition) is 2. The fraction of sp³-hybridized carbons (Fsp3) is 0.938. The molecular weight excluding hydrogens is 262 g/mol. The van der Waals surface area contributed by atoms with Gasteiger partial charge in [-0.1, -0.05) is 19.3 Å². The SMILES string of the molecule is CN=C(NCCN1CCCN(C)CC1)NC1CCCCC1. The fourth-order valence-corrected chi connectivity index (χ4v) is 3.29. The number of likely N-dealkylation sites (N-methyl/N-ethyl adjacent to an activating group) is 1. The van der Waals surface area contributed by atoms with Crippen LogP contribution in [0.4, 0.5) is 0 Å². The maximum absolute atomic E-state index is 4.36. The summed E-state index contributed by atoms with van der Waals surface area (Å²) in [6.07, 6.45) is 7.98. The van der Waals surface area contributed by atoms with Gasteiger partial charge in [-0.2, -0.15) is 0 Å². The van der Waals surface area contributed by atoms with Gasteiger partial charge in [0.05, 0.1) is 0 Å². The number of nitrogens with zero attached hydrogens (tertiary/aromatic N) is 3. The summed E-state index contributed by atoms with van der Waals surface area (Å²) in [5.41, 5.74) is 0. The highest BCUT2D eigenvalue weighted by molar-refractivity contribution is 5.79. The molecule has 2 N–H and O–H groups in total. The molecule has 0 spiro atoms. The normalized spacial score (nSPS) is 23.8. The minimum Gasteiger partial charge on any atom is -0.355 e. The first-order valence-corrected chi connectivity index (χ1v) is 8.66. The van der Waals surface area contributed by atoms with E-state index >= 15 is 0 Å². The van der Waals surface area contributed by atoms with E-state index in [-0.39, 0.29) is 0 Å². The molecule has 2 rings (SSSR count). The van der Waals surface area contributed by atoms with Crippen molar-refractivity contribution in [2.45, 2.75) is 44.6 Å². The topological polar surface area (TPSA) is 42.9 Å².